The standard InChI is InChI=1S/C7H11N2O/c1-5(10)7-4-9(7)3-6-2-8-6/h3,6-8H,2,4H2,1H3/q+1/b9-3+. The van der Waals surface area contributed by atoms with E-state index in [4.69, 9.17) is 0 Å². The minimum atomic E-state index is 0.211. The summed E-state index contributed by atoms with van der Waals surface area (Å²) < 4.78 is 2.09. The van der Waals surface area contributed by atoms with Crippen molar-refractivity contribution in [3.8, 4) is 0 Å². The van der Waals surface area contributed by atoms with Crippen molar-refractivity contribution in [3.63, 3.8) is 0 Å². The smallest absolute Gasteiger partial charge is 0.268 e. The van der Waals surface area contributed by atoms with Gasteiger partial charge in [0.15, 0.2) is 6.21 Å². The number of hydrogen-bond donors (Lipinski definition) is 1. The van der Waals surface area contributed by atoms with Gasteiger partial charge in [-0.15, -0.1) is 0 Å². The van der Waals surface area contributed by atoms with E-state index in [0.717, 1.165) is 13.1 Å². The van der Waals surface area contributed by atoms with Crippen LogP contribution in [0.15, 0.2) is 0 Å². The van der Waals surface area contributed by atoms with Crippen LogP contribution in [0.1, 0.15) is 6.92 Å². The molecule has 0 aromatic carbocycles. The molecule has 2 unspecified atom stereocenters. The summed E-state index contributed by atoms with van der Waals surface area (Å²) in [5.41, 5.74) is 0. The Labute approximate surface area is 59.7 Å². The molecule has 2 aliphatic rings. The summed E-state index contributed by atoms with van der Waals surface area (Å²) in [5, 5.41) is 3.16. The molecule has 0 aromatic rings. The Hall–Kier alpha value is -0.700. The van der Waals surface area contributed by atoms with E-state index in [1.807, 2.05) is 0 Å². The molecule has 2 saturated heterocycles. The van der Waals surface area contributed by atoms with Crippen molar-refractivity contribution in [2.24, 2.45) is 0 Å². The van der Waals surface area contributed by atoms with E-state index in [2.05, 4.69) is 16.1 Å². The predicted molar refractivity (Wildman–Crippen MR) is 37.5 cm³/mol. The van der Waals surface area contributed by atoms with Crippen LogP contribution in [0.2, 0.25) is 0 Å². The Morgan fingerprint density at radius 1 is 1.80 bits per heavy atom. The van der Waals surface area contributed by atoms with Crippen LogP contribution in [0.25, 0.3) is 0 Å². The van der Waals surface area contributed by atoms with Gasteiger partial charge in [-0.1, -0.05) is 0 Å². The molecular weight excluding hydrogens is 128 g/mol. The number of rotatable bonds is 2. The van der Waals surface area contributed by atoms with Crippen LogP contribution in [0.3, 0.4) is 0 Å². The molecule has 10 heavy (non-hydrogen) atoms. The summed E-state index contributed by atoms with van der Waals surface area (Å²) in [6.45, 7) is 3.67. The second kappa shape index (κ2) is 1.89. The third kappa shape index (κ3) is 1.09. The average Bonchev–Trinajstić information content (AvgIpc) is 2.63. The Balaban J connectivity index is 1.93. The molecule has 2 heterocycles. The van der Waals surface area contributed by atoms with Gasteiger partial charge in [-0.3, -0.25) is 4.79 Å². The minimum absolute atomic E-state index is 0.211. The molecule has 2 atom stereocenters. The van der Waals surface area contributed by atoms with Crippen LogP contribution in [0.4, 0.5) is 0 Å². The van der Waals surface area contributed by atoms with E-state index in [1.54, 1.807) is 6.92 Å². The summed E-state index contributed by atoms with van der Waals surface area (Å²) >= 11 is 0. The van der Waals surface area contributed by atoms with E-state index in [0.29, 0.717) is 6.04 Å². The van der Waals surface area contributed by atoms with Gasteiger partial charge in [0.25, 0.3) is 6.04 Å². The first-order valence-corrected chi connectivity index (χ1v) is 3.62. The molecule has 2 fully saturated rings. The maximum absolute atomic E-state index is 10.7. The van der Waals surface area contributed by atoms with E-state index in [-0.39, 0.29) is 11.8 Å². The number of ketones is 1. The fourth-order valence-electron chi connectivity index (χ4n) is 1.08. The molecule has 0 radical (unpaired) electrons. The molecule has 2 rings (SSSR count). The zero-order chi connectivity index (χ0) is 7.14. The van der Waals surface area contributed by atoms with E-state index in [1.165, 1.54) is 0 Å². The number of nitrogens with one attached hydrogen (secondary N) is 1. The molecule has 3 nitrogen and oxygen atoms in total. The summed E-state index contributed by atoms with van der Waals surface area (Å²) in [6.07, 6.45) is 2.12. The number of nitrogens with zero attached hydrogens (tertiary/aromatic N) is 1. The van der Waals surface area contributed by atoms with Crippen LogP contribution < -0.4 is 5.32 Å². The Morgan fingerprint density at radius 3 is 2.90 bits per heavy atom. The van der Waals surface area contributed by atoms with Crippen molar-refractivity contribution in [3.05, 3.63) is 0 Å². The molecule has 1 N–H and O–H groups in total. The Kier molecular flexibility index (Phi) is 1.14. The van der Waals surface area contributed by atoms with Crippen molar-refractivity contribution in [2.75, 3.05) is 13.1 Å². The van der Waals surface area contributed by atoms with Gasteiger partial charge in [0.2, 0.25) is 12.3 Å². The van der Waals surface area contributed by atoms with Crippen molar-refractivity contribution >= 4 is 12.0 Å². The van der Waals surface area contributed by atoms with Gasteiger partial charge < -0.3 is 5.32 Å². The highest BCUT2D eigenvalue weighted by atomic mass is 16.1. The lowest BCUT2D eigenvalue weighted by Crippen LogP contribution is -2.06. The van der Waals surface area contributed by atoms with Crippen LogP contribution >= 0.6 is 0 Å². The zero-order valence-corrected chi connectivity index (χ0v) is 6.00. The van der Waals surface area contributed by atoms with E-state index < -0.39 is 0 Å². The second-order valence-electron chi connectivity index (χ2n) is 2.99. The van der Waals surface area contributed by atoms with Crippen LogP contribution in [-0.4, -0.2) is 41.7 Å². The largest absolute Gasteiger partial charge is 0.302 e. The molecule has 54 valence electrons. The fourth-order valence-corrected chi connectivity index (χ4v) is 1.08. The number of carbonyl (C=O) groups excluding carboxylic acids is 1. The molecule has 0 aliphatic carbocycles. The maximum Gasteiger partial charge on any atom is 0.268 e. The number of Topliss-reactive ketones (excluding diaryl/α,β-unsaturated/α-hetero) is 1. The number of hydrogen-bond acceptors (Lipinski definition) is 2. The van der Waals surface area contributed by atoms with Crippen molar-refractivity contribution in [2.45, 2.75) is 19.0 Å². The molecule has 0 aromatic heterocycles. The predicted octanol–water partition coefficient (Wildman–Crippen LogP) is -0.987. The minimum Gasteiger partial charge on any atom is -0.302 e. The first kappa shape index (κ1) is 6.04. The van der Waals surface area contributed by atoms with Crippen molar-refractivity contribution in [1.82, 2.24) is 5.32 Å². The molecule has 3 heteroatoms. The highest BCUT2D eigenvalue weighted by molar-refractivity contribution is 5.83. The third-order valence-corrected chi connectivity index (χ3v) is 1.93. The molecule has 0 spiro atoms. The SMILES string of the molecule is CC(=O)C1C/[N+]1=C\C1CN1. The summed E-state index contributed by atoms with van der Waals surface area (Å²) in [7, 11) is 0. The first-order valence-electron chi connectivity index (χ1n) is 3.62. The summed E-state index contributed by atoms with van der Waals surface area (Å²) in [4.78, 5) is 10.7. The summed E-state index contributed by atoms with van der Waals surface area (Å²) in [6, 6.07) is 0.770. The van der Waals surface area contributed by atoms with Gasteiger partial charge in [-0.05, 0) is 0 Å². The van der Waals surface area contributed by atoms with Gasteiger partial charge in [-0.25, -0.2) is 4.58 Å². The van der Waals surface area contributed by atoms with E-state index >= 15 is 0 Å². The highest BCUT2D eigenvalue weighted by Gasteiger charge is 2.45. The van der Waals surface area contributed by atoms with Crippen LogP contribution in [-0.2, 0) is 4.79 Å². The second-order valence-corrected chi connectivity index (χ2v) is 2.99. The van der Waals surface area contributed by atoms with Gasteiger partial charge in [0.1, 0.15) is 0 Å². The topological polar surface area (TPSA) is 42.0 Å². The van der Waals surface area contributed by atoms with Crippen LogP contribution in [0.5, 0.6) is 0 Å². The lowest BCUT2D eigenvalue weighted by molar-refractivity contribution is -0.348. The monoisotopic (exact) mass is 139 g/mol. The van der Waals surface area contributed by atoms with Gasteiger partial charge in [0.05, 0.1) is 6.04 Å². The quantitative estimate of drug-likeness (QED) is 0.394. The molecular formula is C7H11N2O+. The normalized spacial score (nSPS) is 39.9. The molecule has 0 bridgehead atoms. The maximum atomic E-state index is 10.7. The molecule has 0 amide bonds. The Morgan fingerprint density at radius 2 is 2.50 bits per heavy atom. The first-order chi connectivity index (χ1) is 4.77. The lowest BCUT2D eigenvalue weighted by Gasteiger charge is -1.73. The van der Waals surface area contributed by atoms with Gasteiger partial charge in [-0.2, -0.15) is 0 Å². The van der Waals surface area contributed by atoms with E-state index in [9.17, 15) is 4.79 Å². The number of carbonyl (C=O) groups is 1. The average molecular weight is 139 g/mol. The third-order valence-electron chi connectivity index (χ3n) is 1.93. The van der Waals surface area contributed by atoms with Crippen molar-refractivity contribution in [1.29, 1.82) is 0 Å². The van der Waals surface area contributed by atoms with Crippen LogP contribution in [0, 0.1) is 0 Å². The lowest BCUT2D eigenvalue weighted by atomic mass is 10.3. The summed E-state index contributed by atoms with van der Waals surface area (Å²) in [5.74, 6) is 0.289. The molecule has 0 saturated carbocycles. The zero-order valence-electron chi connectivity index (χ0n) is 6.00. The fraction of sp³-hybridized carbons (Fsp3) is 0.714. The Bertz CT molecular complexity index is 206. The van der Waals surface area contributed by atoms with Gasteiger partial charge in [0, 0.05) is 13.5 Å². The highest BCUT2D eigenvalue weighted by Crippen LogP contribution is 2.10. The molecule has 2 aliphatic heterocycles. The van der Waals surface area contributed by atoms with Gasteiger partial charge >= 0.3 is 0 Å². The van der Waals surface area contributed by atoms with Crippen molar-refractivity contribution < 1.29 is 9.37 Å².